The Hall–Kier alpha value is -0.520. The Morgan fingerprint density at radius 2 is 2.42 bits per heavy atom. The van der Waals surface area contributed by atoms with Crippen molar-refractivity contribution < 1.29 is 4.74 Å². The molecule has 1 rings (SSSR count). The van der Waals surface area contributed by atoms with E-state index in [0.717, 1.165) is 19.7 Å². The highest BCUT2D eigenvalue weighted by Crippen LogP contribution is 2.26. The molecule has 0 saturated carbocycles. The highest BCUT2D eigenvalue weighted by atomic mass is 16.5. The Bertz CT molecular complexity index is 175. The van der Waals surface area contributed by atoms with Crippen LogP contribution < -0.4 is 5.32 Å². The van der Waals surface area contributed by atoms with Gasteiger partial charge >= 0.3 is 0 Å². The normalized spacial score (nSPS) is 24.9. The van der Waals surface area contributed by atoms with Crippen LogP contribution in [0.1, 0.15) is 13.8 Å². The van der Waals surface area contributed by atoms with Crippen LogP contribution in [0.3, 0.4) is 0 Å². The molecule has 2 heteroatoms. The molecule has 0 aromatic rings. The number of ether oxygens (including phenoxy) is 1. The summed E-state index contributed by atoms with van der Waals surface area (Å²) in [6.07, 6.45) is 7.32. The van der Waals surface area contributed by atoms with E-state index in [4.69, 9.17) is 11.2 Å². The van der Waals surface area contributed by atoms with Gasteiger partial charge in [-0.2, -0.15) is 0 Å². The van der Waals surface area contributed by atoms with Crippen LogP contribution in [0, 0.1) is 24.2 Å². The summed E-state index contributed by atoms with van der Waals surface area (Å²) in [5, 5.41) is 3.29. The van der Waals surface area contributed by atoms with E-state index in [1.54, 1.807) is 0 Å². The van der Waals surface area contributed by atoms with Gasteiger partial charge in [-0.1, -0.05) is 13.8 Å². The van der Waals surface area contributed by atoms with Gasteiger partial charge in [-0.15, -0.1) is 12.3 Å². The predicted molar refractivity (Wildman–Crippen MR) is 49.5 cm³/mol. The maximum absolute atomic E-state index is 5.61. The summed E-state index contributed by atoms with van der Waals surface area (Å²) in [6.45, 7) is 6.83. The van der Waals surface area contributed by atoms with Gasteiger partial charge in [0.05, 0.1) is 12.7 Å². The molecule has 1 aliphatic rings. The van der Waals surface area contributed by atoms with Gasteiger partial charge in [-0.05, 0) is 0 Å². The minimum absolute atomic E-state index is 0.0256. The third-order valence-corrected chi connectivity index (χ3v) is 2.21. The molecule has 12 heavy (non-hydrogen) atoms. The number of rotatable bonds is 2. The molecule has 0 bridgehead atoms. The van der Waals surface area contributed by atoms with Crippen molar-refractivity contribution in [1.82, 2.24) is 5.32 Å². The molecule has 0 aromatic heterocycles. The highest BCUT2D eigenvalue weighted by molar-refractivity contribution is 5.11. The van der Waals surface area contributed by atoms with Crippen LogP contribution in [0.5, 0.6) is 0 Å². The molecule has 1 radical (unpaired) electrons. The average molecular weight is 166 g/mol. The summed E-state index contributed by atoms with van der Waals surface area (Å²) in [7, 11) is 0. The van der Waals surface area contributed by atoms with Crippen LogP contribution in [0.4, 0.5) is 0 Å². The van der Waals surface area contributed by atoms with Crippen LogP contribution in [0.2, 0.25) is 0 Å². The lowest BCUT2D eigenvalue weighted by molar-refractivity contribution is -0.0290. The number of terminal acetylenes is 1. The number of hydrogen-bond acceptors (Lipinski definition) is 2. The zero-order chi connectivity index (χ0) is 9.03. The first kappa shape index (κ1) is 9.57. The van der Waals surface area contributed by atoms with Crippen LogP contribution in [0.15, 0.2) is 0 Å². The van der Waals surface area contributed by atoms with Crippen molar-refractivity contribution in [3.8, 4) is 12.3 Å². The van der Waals surface area contributed by atoms with Crippen LogP contribution in [-0.2, 0) is 4.74 Å². The molecule has 1 N–H and O–H groups in total. The molecule has 2 nitrogen and oxygen atoms in total. The smallest absolute Gasteiger partial charge is 0.0763 e. The molecule has 1 saturated heterocycles. The molecule has 0 amide bonds. The Morgan fingerprint density at radius 3 is 2.92 bits per heavy atom. The predicted octanol–water partition coefficient (Wildman–Crippen LogP) is 0.838. The molecular weight excluding hydrogens is 150 g/mol. The molecular formula is C10H16NO. The maximum Gasteiger partial charge on any atom is 0.0763 e. The fourth-order valence-electron chi connectivity index (χ4n) is 1.35. The fraction of sp³-hybridized carbons (Fsp3) is 0.700. The molecule has 1 heterocycles. The standard InChI is InChI=1S/C10H16NO/c1-4-5-10(2,3)9-8-11-6-7-12-9/h1,5,9,11H,6-8H2,2-3H3. The van der Waals surface area contributed by atoms with Gasteiger partial charge in [-0.25, -0.2) is 0 Å². The zero-order valence-corrected chi connectivity index (χ0v) is 7.76. The number of hydrogen-bond donors (Lipinski definition) is 1. The van der Waals surface area contributed by atoms with Crippen LogP contribution in [0.25, 0.3) is 0 Å². The summed E-state index contributed by atoms with van der Waals surface area (Å²) in [5.74, 6) is 2.57. The summed E-state index contributed by atoms with van der Waals surface area (Å²) >= 11 is 0. The largest absolute Gasteiger partial charge is 0.375 e. The summed E-state index contributed by atoms with van der Waals surface area (Å²) in [5.41, 5.74) is -0.0256. The van der Waals surface area contributed by atoms with Gasteiger partial charge in [0.25, 0.3) is 0 Å². The molecule has 1 fully saturated rings. The molecule has 0 spiro atoms. The van der Waals surface area contributed by atoms with Crippen LogP contribution >= 0.6 is 0 Å². The van der Waals surface area contributed by atoms with E-state index in [0.29, 0.717) is 0 Å². The molecule has 1 unspecified atom stereocenters. The van der Waals surface area contributed by atoms with Crippen molar-refractivity contribution in [2.24, 2.45) is 5.41 Å². The van der Waals surface area contributed by atoms with Gasteiger partial charge in [0.15, 0.2) is 0 Å². The Kier molecular flexibility index (Phi) is 3.13. The quantitative estimate of drug-likeness (QED) is 0.614. The second-order valence-electron chi connectivity index (χ2n) is 3.70. The molecule has 1 aliphatic heterocycles. The third kappa shape index (κ3) is 2.23. The lowest BCUT2D eigenvalue weighted by Gasteiger charge is -2.35. The van der Waals surface area contributed by atoms with Crippen molar-refractivity contribution >= 4 is 0 Å². The van der Waals surface area contributed by atoms with E-state index < -0.39 is 0 Å². The zero-order valence-electron chi connectivity index (χ0n) is 7.76. The van der Waals surface area contributed by atoms with Crippen LogP contribution in [-0.4, -0.2) is 25.8 Å². The monoisotopic (exact) mass is 166 g/mol. The molecule has 0 aromatic carbocycles. The van der Waals surface area contributed by atoms with Crippen molar-refractivity contribution in [2.45, 2.75) is 20.0 Å². The first-order valence-electron chi connectivity index (χ1n) is 4.29. The SMILES string of the molecule is C#C[CH]C(C)(C)C1CNCCO1. The molecule has 67 valence electrons. The van der Waals surface area contributed by atoms with E-state index in [2.05, 4.69) is 25.1 Å². The average Bonchev–Trinajstić information content (AvgIpc) is 2.06. The Balaban J connectivity index is 2.48. The van der Waals surface area contributed by atoms with Gasteiger partial charge in [0, 0.05) is 24.9 Å². The van der Waals surface area contributed by atoms with Crippen molar-refractivity contribution in [2.75, 3.05) is 19.7 Å². The van der Waals surface area contributed by atoms with Gasteiger partial charge in [0.2, 0.25) is 0 Å². The van der Waals surface area contributed by atoms with Gasteiger partial charge in [-0.3, -0.25) is 0 Å². The maximum atomic E-state index is 5.61. The second kappa shape index (κ2) is 3.93. The van der Waals surface area contributed by atoms with E-state index in [1.165, 1.54) is 0 Å². The van der Waals surface area contributed by atoms with E-state index in [-0.39, 0.29) is 11.5 Å². The fourth-order valence-corrected chi connectivity index (χ4v) is 1.35. The van der Waals surface area contributed by atoms with Gasteiger partial charge in [0.1, 0.15) is 0 Å². The van der Waals surface area contributed by atoms with Crippen molar-refractivity contribution in [1.29, 1.82) is 0 Å². The Labute approximate surface area is 74.7 Å². The number of nitrogens with one attached hydrogen (secondary N) is 1. The first-order chi connectivity index (χ1) is 5.67. The van der Waals surface area contributed by atoms with E-state index in [9.17, 15) is 0 Å². The Morgan fingerprint density at radius 1 is 1.67 bits per heavy atom. The lowest BCUT2D eigenvalue weighted by atomic mass is 9.83. The summed E-state index contributed by atoms with van der Waals surface area (Å²) < 4.78 is 5.61. The third-order valence-electron chi connectivity index (χ3n) is 2.21. The summed E-state index contributed by atoms with van der Waals surface area (Å²) in [6, 6.07) is 0. The lowest BCUT2D eigenvalue weighted by Crippen LogP contribution is -2.46. The van der Waals surface area contributed by atoms with Gasteiger partial charge < -0.3 is 10.1 Å². The molecule has 1 atom stereocenters. The highest BCUT2D eigenvalue weighted by Gasteiger charge is 2.31. The first-order valence-corrected chi connectivity index (χ1v) is 4.29. The van der Waals surface area contributed by atoms with Crippen molar-refractivity contribution in [3.05, 3.63) is 6.42 Å². The minimum Gasteiger partial charge on any atom is -0.375 e. The topological polar surface area (TPSA) is 21.3 Å². The number of morpholine rings is 1. The van der Waals surface area contributed by atoms with Crippen molar-refractivity contribution in [3.63, 3.8) is 0 Å². The minimum atomic E-state index is -0.0256. The van der Waals surface area contributed by atoms with E-state index >= 15 is 0 Å². The molecule has 0 aliphatic carbocycles. The van der Waals surface area contributed by atoms with E-state index in [1.807, 2.05) is 6.42 Å². The second-order valence-corrected chi connectivity index (χ2v) is 3.70. The summed E-state index contributed by atoms with van der Waals surface area (Å²) in [4.78, 5) is 0.